The largest absolute Gasteiger partial charge is 0.278 e. The first kappa shape index (κ1) is 21.6. The molecule has 9 nitrogen and oxygen atoms in total. The number of halogens is 2. The van der Waals surface area contributed by atoms with E-state index >= 15 is 0 Å². The molecule has 0 aromatic heterocycles. The third-order valence-electron chi connectivity index (χ3n) is 3.39. The van der Waals surface area contributed by atoms with Gasteiger partial charge in [-0.3, -0.25) is 19.2 Å². The Kier molecular flexibility index (Phi) is 6.95. The van der Waals surface area contributed by atoms with Crippen LogP contribution in [0.3, 0.4) is 0 Å². The summed E-state index contributed by atoms with van der Waals surface area (Å²) in [5.41, 5.74) is 2.15. The summed E-state index contributed by atoms with van der Waals surface area (Å²) in [5.74, 6) is -0.781. The van der Waals surface area contributed by atoms with Gasteiger partial charge in [0, 0.05) is 11.1 Å². The zero-order valence-corrected chi connectivity index (χ0v) is 16.7. The summed E-state index contributed by atoms with van der Waals surface area (Å²) in [6, 6.07) is 10.00. The van der Waals surface area contributed by atoms with Crippen molar-refractivity contribution in [1.29, 1.82) is 0 Å². The van der Waals surface area contributed by atoms with Gasteiger partial charge in [-0.1, -0.05) is 35.3 Å². The SMILES string of the molecule is CS(=O)(=O)N(CC(=O)N/N=C\c1ccccc1[N+](=O)[O-])c1cc(Cl)ccc1Cl. The highest BCUT2D eigenvalue weighted by atomic mass is 35.5. The van der Waals surface area contributed by atoms with Crippen LogP contribution in [0, 0.1) is 10.1 Å². The lowest BCUT2D eigenvalue weighted by atomic mass is 10.2. The quantitative estimate of drug-likeness (QED) is 0.399. The fraction of sp³-hybridized carbons (Fsp3) is 0.125. The molecule has 0 bridgehead atoms. The predicted molar refractivity (Wildman–Crippen MR) is 107 cm³/mol. The number of carbonyl (C=O) groups excluding carboxylic acids is 1. The molecule has 0 saturated heterocycles. The molecule has 2 aromatic rings. The number of nitro groups is 1. The summed E-state index contributed by atoms with van der Waals surface area (Å²) in [4.78, 5) is 22.5. The Morgan fingerprint density at radius 3 is 2.61 bits per heavy atom. The van der Waals surface area contributed by atoms with Crippen LogP contribution in [0.1, 0.15) is 5.56 Å². The number of rotatable bonds is 7. The van der Waals surface area contributed by atoms with E-state index in [1.165, 1.54) is 36.4 Å². The Morgan fingerprint density at radius 2 is 1.96 bits per heavy atom. The molecule has 1 amide bonds. The van der Waals surface area contributed by atoms with Crippen molar-refractivity contribution in [3.8, 4) is 0 Å². The van der Waals surface area contributed by atoms with Gasteiger partial charge in [-0.2, -0.15) is 5.10 Å². The van der Waals surface area contributed by atoms with Crippen molar-refractivity contribution in [2.24, 2.45) is 5.10 Å². The maximum absolute atomic E-state index is 12.1. The van der Waals surface area contributed by atoms with E-state index in [9.17, 15) is 23.3 Å². The molecule has 2 rings (SSSR count). The Bertz CT molecular complexity index is 1040. The zero-order valence-electron chi connectivity index (χ0n) is 14.4. The van der Waals surface area contributed by atoms with Crippen LogP contribution >= 0.6 is 23.2 Å². The average molecular weight is 445 g/mol. The van der Waals surface area contributed by atoms with Crippen LogP contribution in [0.4, 0.5) is 11.4 Å². The summed E-state index contributed by atoms with van der Waals surface area (Å²) in [5, 5.41) is 14.9. The molecule has 2 aromatic carbocycles. The molecule has 148 valence electrons. The third kappa shape index (κ3) is 5.65. The van der Waals surface area contributed by atoms with Gasteiger partial charge in [0.2, 0.25) is 10.0 Å². The Hall–Kier alpha value is -2.69. The maximum Gasteiger partial charge on any atom is 0.278 e. The van der Waals surface area contributed by atoms with Crippen LogP contribution in [0.2, 0.25) is 10.0 Å². The van der Waals surface area contributed by atoms with Gasteiger partial charge >= 0.3 is 0 Å². The molecule has 0 aliphatic carbocycles. The molecule has 0 heterocycles. The van der Waals surface area contributed by atoms with E-state index in [4.69, 9.17) is 23.2 Å². The van der Waals surface area contributed by atoms with Crippen molar-refractivity contribution >= 4 is 56.7 Å². The summed E-state index contributed by atoms with van der Waals surface area (Å²) >= 11 is 11.9. The highest BCUT2D eigenvalue weighted by Crippen LogP contribution is 2.30. The van der Waals surface area contributed by atoms with E-state index in [0.29, 0.717) is 0 Å². The number of hydrazone groups is 1. The molecule has 0 unspecified atom stereocenters. The Labute approximate surface area is 170 Å². The van der Waals surface area contributed by atoms with Crippen LogP contribution in [-0.4, -0.2) is 38.3 Å². The van der Waals surface area contributed by atoms with Gasteiger partial charge in [0.15, 0.2) is 0 Å². The van der Waals surface area contributed by atoms with E-state index in [0.717, 1.165) is 16.8 Å². The van der Waals surface area contributed by atoms with E-state index in [-0.39, 0.29) is 27.0 Å². The second kappa shape index (κ2) is 9.00. The van der Waals surface area contributed by atoms with Gasteiger partial charge in [-0.05, 0) is 24.3 Å². The first-order chi connectivity index (χ1) is 13.1. The fourth-order valence-electron chi connectivity index (χ4n) is 2.16. The minimum atomic E-state index is -3.86. The molecule has 0 saturated carbocycles. The number of nitrogens with one attached hydrogen (secondary N) is 1. The van der Waals surface area contributed by atoms with Gasteiger partial charge < -0.3 is 0 Å². The molecule has 0 spiro atoms. The number of nitro benzene ring substituents is 1. The van der Waals surface area contributed by atoms with Crippen LogP contribution in [-0.2, 0) is 14.8 Å². The van der Waals surface area contributed by atoms with Crippen molar-refractivity contribution in [2.75, 3.05) is 17.1 Å². The lowest BCUT2D eigenvalue weighted by Crippen LogP contribution is -2.39. The highest BCUT2D eigenvalue weighted by molar-refractivity contribution is 7.92. The Morgan fingerprint density at radius 1 is 1.29 bits per heavy atom. The van der Waals surface area contributed by atoms with Crippen molar-refractivity contribution in [3.63, 3.8) is 0 Å². The number of nitrogens with zero attached hydrogens (tertiary/aromatic N) is 3. The minimum Gasteiger partial charge on any atom is -0.271 e. The van der Waals surface area contributed by atoms with Gasteiger partial charge in [-0.15, -0.1) is 0 Å². The standard InChI is InChI=1S/C16H14Cl2N4O5S/c1-28(26,27)21(15-8-12(17)6-7-13(15)18)10-16(23)20-19-9-11-4-2-3-5-14(11)22(24)25/h2-9H,10H2,1H3,(H,20,23)/b19-9-. The monoisotopic (exact) mass is 444 g/mol. The number of carbonyl (C=O) groups is 1. The van der Waals surface area contributed by atoms with Crippen molar-refractivity contribution in [1.82, 2.24) is 5.43 Å². The number of anilines is 1. The first-order valence-electron chi connectivity index (χ1n) is 7.57. The van der Waals surface area contributed by atoms with Gasteiger partial charge in [0.25, 0.3) is 11.6 Å². The Balaban J connectivity index is 2.17. The van der Waals surface area contributed by atoms with Crippen LogP contribution in [0.15, 0.2) is 47.6 Å². The van der Waals surface area contributed by atoms with Crippen LogP contribution < -0.4 is 9.73 Å². The molecule has 1 N–H and O–H groups in total. The molecular weight excluding hydrogens is 431 g/mol. The summed E-state index contributed by atoms with van der Waals surface area (Å²) in [7, 11) is -3.86. The topological polar surface area (TPSA) is 122 Å². The number of amides is 1. The number of sulfonamides is 1. The molecule has 0 atom stereocenters. The normalized spacial score (nSPS) is 11.4. The van der Waals surface area contributed by atoms with E-state index in [1.54, 1.807) is 6.07 Å². The van der Waals surface area contributed by atoms with Gasteiger partial charge in [0.1, 0.15) is 6.54 Å². The van der Waals surface area contributed by atoms with Crippen LogP contribution in [0.25, 0.3) is 0 Å². The zero-order chi connectivity index (χ0) is 20.9. The lowest BCUT2D eigenvalue weighted by molar-refractivity contribution is -0.385. The molecule has 0 fully saturated rings. The highest BCUT2D eigenvalue weighted by Gasteiger charge is 2.23. The van der Waals surface area contributed by atoms with Crippen LogP contribution in [0.5, 0.6) is 0 Å². The molecule has 0 radical (unpaired) electrons. The number of hydrogen-bond acceptors (Lipinski definition) is 6. The van der Waals surface area contributed by atoms with E-state index < -0.39 is 27.4 Å². The van der Waals surface area contributed by atoms with Gasteiger partial charge in [-0.25, -0.2) is 13.8 Å². The lowest BCUT2D eigenvalue weighted by Gasteiger charge is -2.22. The average Bonchev–Trinajstić information content (AvgIpc) is 2.61. The second-order valence-corrected chi connectivity index (χ2v) is 8.22. The smallest absolute Gasteiger partial charge is 0.271 e. The number of hydrogen-bond donors (Lipinski definition) is 1. The first-order valence-corrected chi connectivity index (χ1v) is 10.2. The molecular formula is C16H14Cl2N4O5S. The fourth-order valence-corrected chi connectivity index (χ4v) is 3.46. The van der Waals surface area contributed by atoms with Crippen molar-refractivity contribution in [2.45, 2.75) is 0 Å². The van der Waals surface area contributed by atoms with Gasteiger partial charge in [0.05, 0.1) is 33.7 Å². The minimum absolute atomic E-state index is 0.0366. The second-order valence-electron chi connectivity index (χ2n) is 5.47. The van der Waals surface area contributed by atoms with E-state index in [2.05, 4.69) is 10.5 Å². The number of benzene rings is 2. The van der Waals surface area contributed by atoms with E-state index in [1.807, 2.05) is 0 Å². The summed E-state index contributed by atoms with van der Waals surface area (Å²) in [6.45, 7) is -0.618. The van der Waals surface area contributed by atoms with Crippen molar-refractivity contribution < 1.29 is 18.1 Å². The molecule has 28 heavy (non-hydrogen) atoms. The van der Waals surface area contributed by atoms with Crippen molar-refractivity contribution in [3.05, 3.63) is 68.2 Å². The summed E-state index contributed by atoms with van der Waals surface area (Å²) in [6.07, 6.45) is 2.00. The number of para-hydroxylation sites is 1. The molecule has 0 aliphatic heterocycles. The molecule has 12 heteroatoms. The third-order valence-corrected chi connectivity index (χ3v) is 5.07. The summed E-state index contributed by atoms with van der Waals surface area (Å²) < 4.78 is 24.9. The molecule has 0 aliphatic rings. The maximum atomic E-state index is 12.1. The predicted octanol–water partition coefficient (Wildman–Crippen LogP) is 2.82.